The minimum absolute atomic E-state index is 0.0114. The van der Waals surface area contributed by atoms with Crippen LogP contribution in [-0.2, 0) is 18.4 Å². The van der Waals surface area contributed by atoms with Crippen molar-refractivity contribution in [2.75, 3.05) is 7.05 Å². The van der Waals surface area contributed by atoms with Gasteiger partial charge in [-0.3, -0.25) is 9.48 Å². The average molecular weight is 238 g/mol. The van der Waals surface area contributed by atoms with Gasteiger partial charge in [-0.05, 0) is 34.7 Å². The van der Waals surface area contributed by atoms with Crippen LogP contribution < -0.4 is 10.6 Å². The standard InChI is InChI=1S/C12H22N4O/c1-8-10(9(2)16(6)15-8)7-14-11(17)12(3,4)13-5/h13H,7H2,1-6H3,(H,14,17). The van der Waals surface area contributed by atoms with Gasteiger partial charge < -0.3 is 10.6 Å². The van der Waals surface area contributed by atoms with Crippen LogP contribution in [0.4, 0.5) is 0 Å². The number of rotatable bonds is 4. The van der Waals surface area contributed by atoms with Crippen LogP contribution in [0.3, 0.4) is 0 Å². The number of aryl methyl sites for hydroxylation is 2. The predicted molar refractivity (Wildman–Crippen MR) is 67.7 cm³/mol. The number of hydrogen-bond acceptors (Lipinski definition) is 3. The molecule has 5 heteroatoms. The summed E-state index contributed by atoms with van der Waals surface area (Å²) in [5, 5.41) is 10.2. The maximum Gasteiger partial charge on any atom is 0.239 e. The topological polar surface area (TPSA) is 59.0 Å². The monoisotopic (exact) mass is 238 g/mol. The molecule has 0 radical (unpaired) electrons. The van der Waals surface area contributed by atoms with Gasteiger partial charge in [0.2, 0.25) is 5.91 Å². The molecule has 0 spiro atoms. The van der Waals surface area contributed by atoms with Gasteiger partial charge in [0.15, 0.2) is 0 Å². The molecule has 0 bridgehead atoms. The van der Waals surface area contributed by atoms with Crippen molar-refractivity contribution in [1.29, 1.82) is 0 Å². The molecular formula is C12H22N4O. The van der Waals surface area contributed by atoms with Crippen LogP contribution in [0.15, 0.2) is 0 Å². The van der Waals surface area contributed by atoms with E-state index >= 15 is 0 Å². The van der Waals surface area contributed by atoms with Crippen molar-refractivity contribution in [2.45, 2.75) is 39.8 Å². The summed E-state index contributed by atoms with van der Waals surface area (Å²) >= 11 is 0. The molecule has 0 atom stereocenters. The van der Waals surface area contributed by atoms with E-state index in [1.165, 1.54) is 0 Å². The van der Waals surface area contributed by atoms with E-state index in [9.17, 15) is 4.79 Å². The third-order valence-corrected chi connectivity index (χ3v) is 3.28. The lowest BCUT2D eigenvalue weighted by Crippen LogP contribution is -2.50. The smallest absolute Gasteiger partial charge is 0.239 e. The Labute approximate surface area is 103 Å². The molecule has 1 amide bonds. The summed E-state index contributed by atoms with van der Waals surface area (Å²) in [5.41, 5.74) is 2.59. The van der Waals surface area contributed by atoms with Crippen molar-refractivity contribution in [2.24, 2.45) is 7.05 Å². The van der Waals surface area contributed by atoms with Crippen LogP contribution in [-0.4, -0.2) is 28.3 Å². The van der Waals surface area contributed by atoms with Gasteiger partial charge in [-0.15, -0.1) is 0 Å². The van der Waals surface area contributed by atoms with Gasteiger partial charge in [-0.25, -0.2) is 0 Å². The Bertz CT molecular complexity index is 420. The number of aromatic nitrogens is 2. The molecule has 1 aromatic rings. The van der Waals surface area contributed by atoms with E-state index in [1.807, 2.05) is 39.4 Å². The second kappa shape index (κ2) is 4.87. The number of nitrogens with zero attached hydrogens (tertiary/aromatic N) is 2. The predicted octanol–water partition coefficient (Wildman–Crippen LogP) is 0.651. The zero-order valence-electron chi connectivity index (χ0n) is 11.5. The van der Waals surface area contributed by atoms with Gasteiger partial charge in [-0.1, -0.05) is 0 Å². The number of likely N-dealkylation sites (N-methyl/N-ethyl adjacent to an activating group) is 1. The molecule has 5 nitrogen and oxygen atoms in total. The highest BCUT2D eigenvalue weighted by molar-refractivity contribution is 5.85. The van der Waals surface area contributed by atoms with Crippen LogP contribution in [0.25, 0.3) is 0 Å². The van der Waals surface area contributed by atoms with E-state index < -0.39 is 5.54 Å². The van der Waals surface area contributed by atoms with Gasteiger partial charge in [0.25, 0.3) is 0 Å². The van der Waals surface area contributed by atoms with E-state index in [-0.39, 0.29) is 5.91 Å². The lowest BCUT2D eigenvalue weighted by atomic mass is 10.0. The van der Waals surface area contributed by atoms with E-state index in [1.54, 1.807) is 7.05 Å². The molecule has 0 saturated heterocycles. The molecule has 0 fully saturated rings. The Morgan fingerprint density at radius 2 is 2.00 bits per heavy atom. The molecule has 0 aliphatic carbocycles. The Balaban J connectivity index is 2.72. The lowest BCUT2D eigenvalue weighted by Gasteiger charge is -2.22. The molecule has 1 aromatic heterocycles. The van der Waals surface area contributed by atoms with Crippen LogP contribution >= 0.6 is 0 Å². The van der Waals surface area contributed by atoms with Crippen molar-refractivity contribution in [3.63, 3.8) is 0 Å². The molecule has 1 heterocycles. The minimum atomic E-state index is -0.552. The van der Waals surface area contributed by atoms with E-state index in [2.05, 4.69) is 15.7 Å². The molecule has 0 aliphatic heterocycles. The summed E-state index contributed by atoms with van der Waals surface area (Å²) in [6.45, 7) is 8.19. The highest BCUT2D eigenvalue weighted by Gasteiger charge is 2.25. The summed E-state index contributed by atoms with van der Waals surface area (Å²) in [5.74, 6) is -0.0114. The minimum Gasteiger partial charge on any atom is -0.350 e. The van der Waals surface area contributed by atoms with Gasteiger partial charge in [0.05, 0.1) is 11.2 Å². The van der Waals surface area contributed by atoms with Gasteiger partial charge in [0.1, 0.15) is 0 Å². The first-order valence-corrected chi connectivity index (χ1v) is 5.76. The van der Waals surface area contributed by atoms with Crippen LogP contribution in [0.2, 0.25) is 0 Å². The normalized spacial score (nSPS) is 11.6. The van der Waals surface area contributed by atoms with Crippen molar-refractivity contribution < 1.29 is 4.79 Å². The van der Waals surface area contributed by atoms with Crippen molar-refractivity contribution in [3.8, 4) is 0 Å². The zero-order chi connectivity index (χ0) is 13.2. The third kappa shape index (κ3) is 2.85. The zero-order valence-corrected chi connectivity index (χ0v) is 11.5. The second-order valence-corrected chi connectivity index (χ2v) is 4.83. The highest BCUT2D eigenvalue weighted by Crippen LogP contribution is 2.11. The number of hydrogen-bond donors (Lipinski definition) is 2. The summed E-state index contributed by atoms with van der Waals surface area (Å²) in [6, 6.07) is 0. The number of carbonyl (C=O) groups is 1. The average Bonchev–Trinajstić information content (AvgIpc) is 2.50. The van der Waals surface area contributed by atoms with Crippen LogP contribution in [0.1, 0.15) is 30.8 Å². The fraction of sp³-hybridized carbons (Fsp3) is 0.667. The third-order valence-electron chi connectivity index (χ3n) is 3.28. The highest BCUT2D eigenvalue weighted by atomic mass is 16.2. The number of carbonyl (C=O) groups excluding carboxylic acids is 1. The Kier molecular flexibility index (Phi) is 3.93. The van der Waals surface area contributed by atoms with E-state index in [0.717, 1.165) is 17.0 Å². The molecule has 2 N–H and O–H groups in total. The Morgan fingerprint density at radius 3 is 2.41 bits per heavy atom. The first kappa shape index (κ1) is 13.7. The first-order valence-electron chi connectivity index (χ1n) is 5.76. The summed E-state index contributed by atoms with van der Waals surface area (Å²) in [6.07, 6.45) is 0. The summed E-state index contributed by atoms with van der Waals surface area (Å²) < 4.78 is 1.83. The number of amides is 1. The van der Waals surface area contributed by atoms with Gasteiger partial charge >= 0.3 is 0 Å². The fourth-order valence-corrected chi connectivity index (χ4v) is 1.58. The summed E-state index contributed by atoms with van der Waals surface area (Å²) in [4.78, 5) is 11.9. The molecule has 1 rings (SSSR count). The second-order valence-electron chi connectivity index (χ2n) is 4.83. The summed E-state index contributed by atoms with van der Waals surface area (Å²) in [7, 11) is 3.69. The lowest BCUT2D eigenvalue weighted by molar-refractivity contribution is -0.126. The first-order chi connectivity index (χ1) is 7.79. The van der Waals surface area contributed by atoms with Gasteiger partial charge in [0, 0.05) is 24.8 Å². The van der Waals surface area contributed by atoms with Crippen molar-refractivity contribution in [3.05, 3.63) is 17.0 Å². The molecule has 0 saturated carbocycles. The molecule has 0 unspecified atom stereocenters. The van der Waals surface area contributed by atoms with Gasteiger partial charge in [-0.2, -0.15) is 5.10 Å². The van der Waals surface area contributed by atoms with Crippen molar-refractivity contribution >= 4 is 5.91 Å². The maximum absolute atomic E-state index is 11.9. The SMILES string of the molecule is CNC(C)(C)C(=O)NCc1c(C)nn(C)c1C. The molecule has 0 aliphatic rings. The molecular weight excluding hydrogens is 216 g/mol. The quantitative estimate of drug-likeness (QED) is 0.810. The van der Waals surface area contributed by atoms with Crippen LogP contribution in [0, 0.1) is 13.8 Å². The van der Waals surface area contributed by atoms with Crippen LogP contribution in [0.5, 0.6) is 0 Å². The Hall–Kier alpha value is -1.36. The van der Waals surface area contributed by atoms with E-state index in [0.29, 0.717) is 6.54 Å². The van der Waals surface area contributed by atoms with Crippen molar-refractivity contribution in [1.82, 2.24) is 20.4 Å². The molecule has 17 heavy (non-hydrogen) atoms. The Morgan fingerprint density at radius 1 is 1.41 bits per heavy atom. The molecule has 0 aromatic carbocycles. The maximum atomic E-state index is 11.9. The largest absolute Gasteiger partial charge is 0.350 e. The molecule has 96 valence electrons. The van der Waals surface area contributed by atoms with E-state index in [4.69, 9.17) is 0 Å². The fourth-order valence-electron chi connectivity index (χ4n) is 1.58. The number of nitrogens with one attached hydrogen (secondary N) is 2.